The van der Waals surface area contributed by atoms with E-state index < -0.39 is 5.97 Å². The molecule has 6 nitrogen and oxygen atoms in total. The zero-order valence-electron chi connectivity index (χ0n) is 11.4. The van der Waals surface area contributed by atoms with Gasteiger partial charge < -0.3 is 19.8 Å². The molecule has 1 N–H and O–H groups in total. The van der Waals surface area contributed by atoms with E-state index in [0.717, 1.165) is 25.9 Å². The second-order valence-electron chi connectivity index (χ2n) is 5.16. The number of likely N-dealkylation sites (N-methyl/N-ethyl adjacent to an activating group) is 1. The third kappa shape index (κ3) is 4.52. The number of carboxylic acids is 1. The second kappa shape index (κ2) is 6.58. The Bertz CT molecular complexity index is 301. The molecule has 18 heavy (non-hydrogen) atoms. The van der Waals surface area contributed by atoms with E-state index in [9.17, 15) is 9.59 Å². The summed E-state index contributed by atoms with van der Waals surface area (Å²) in [5, 5.41) is 8.65. The smallest absolute Gasteiger partial charge is 0.323 e. The summed E-state index contributed by atoms with van der Waals surface area (Å²) in [6.07, 6.45) is 2.19. The summed E-state index contributed by atoms with van der Waals surface area (Å²) in [7, 11) is 5.35. The number of aliphatic carboxylic acids is 1. The monoisotopic (exact) mass is 257 g/mol. The van der Waals surface area contributed by atoms with Gasteiger partial charge in [0.05, 0.1) is 0 Å². The van der Waals surface area contributed by atoms with E-state index >= 15 is 0 Å². The first-order valence-electron chi connectivity index (χ1n) is 6.26. The maximum absolute atomic E-state index is 11.9. The summed E-state index contributed by atoms with van der Waals surface area (Å²) in [5.41, 5.74) is 0. The number of carbonyl (C=O) groups excluding carboxylic acids is 1. The molecule has 1 saturated heterocycles. The SMILES string of the molecule is CN1CCC(CN(C)C(=O)N(C)CC(=O)O)CC1. The lowest BCUT2D eigenvalue weighted by atomic mass is 9.97. The molecule has 0 saturated carbocycles. The number of carboxylic acid groups (broad SMARTS) is 1. The van der Waals surface area contributed by atoms with Crippen molar-refractivity contribution < 1.29 is 14.7 Å². The second-order valence-corrected chi connectivity index (χ2v) is 5.16. The topological polar surface area (TPSA) is 64.1 Å². The van der Waals surface area contributed by atoms with Crippen molar-refractivity contribution in [2.75, 3.05) is 47.3 Å². The van der Waals surface area contributed by atoms with Crippen LogP contribution in [0.2, 0.25) is 0 Å². The average Bonchev–Trinajstić information content (AvgIpc) is 2.30. The van der Waals surface area contributed by atoms with Crippen LogP contribution in [0.4, 0.5) is 4.79 Å². The Kier molecular flexibility index (Phi) is 5.40. The number of hydrogen-bond donors (Lipinski definition) is 1. The number of piperidine rings is 1. The molecule has 0 aromatic rings. The lowest BCUT2D eigenvalue weighted by Gasteiger charge is -2.32. The van der Waals surface area contributed by atoms with E-state index in [1.165, 1.54) is 11.9 Å². The lowest BCUT2D eigenvalue weighted by Crippen LogP contribution is -2.44. The van der Waals surface area contributed by atoms with Gasteiger partial charge in [0.25, 0.3) is 0 Å². The minimum Gasteiger partial charge on any atom is -0.480 e. The zero-order valence-corrected chi connectivity index (χ0v) is 11.4. The van der Waals surface area contributed by atoms with Crippen LogP contribution >= 0.6 is 0 Å². The summed E-state index contributed by atoms with van der Waals surface area (Å²) in [5.74, 6) is -0.466. The summed E-state index contributed by atoms with van der Waals surface area (Å²) < 4.78 is 0. The van der Waals surface area contributed by atoms with E-state index in [0.29, 0.717) is 12.5 Å². The van der Waals surface area contributed by atoms with Gasteiger partial charge in [-0.3, -0.25) is 4.79 Å². The quantitative estimate of drug-likeness (QED) is 0.791. The third-order valence-corrected chi connectivity index (χ3v) is 3.40. The van der Waals surface area contributed by atoms with Crippen molar-refractivity contribution in [2.24, 2.45) is 5.92 Å². The Labute approximate surface area is 108 Å². The number of rotatable bonds is 4. The number of amides is 2. The molecule has 1 fully saturated rings. The van der Waals surface area contributed by atoms with Gasteiger partial charge in [0.1, 0.15) is 6.54 Å². The molecule has 0 spiro atoms. The van der Waals surface area contributed by atoms with Gasteiger partial charge in [0, 0.05) is 20.6 Å². The first kappa shape index (κ1) is 14.8. The lowest BCUT2D eigenvalue weighted by molar-refractivity contribution is -0.137. The van der Waals surface area contributed by atoms with Crippen molar-refractivity contribution in [1.29, 1.82) is 0 Å². The molecular formula is C12H23N3O3. The number of likely N-dealkylation sites (tertiary alicyclic amines) is 1. The third-order valence-electron chi connectivity index (χ3n) is 3.40. The van der Waals surface area contributed by atoms with Crippen LogP contribution in [0.5, 0.6) is 0 Å². The largest absolute Gasteiger partial charge is 0.480 e. The highest BCUT2D eigenvalue weighted by Gasteiger charge is 2.22. The van der Waals surface area contributed by atoms with Gasteiger partial charge in [-0.05, 0) is 38.9 Å². The number of hydrogen-bond acceptors (Lipinski definition) is 3. The fourth-order valence-electron chi connectivity index (χ4n) is 2.27. The van der Waals surface area contributed by atoms with Crippen LogP contribution in [-0.2, 0) is 4.79 Å². The van der Waals surface area contributed by atoms with Gasteiger partial charge in [-0.15, -0.1) is 0 Å². The van der Waals surface area contributed by atoms with Gasteiger partial charge in [0.15, 0.2) is 0 Å². The fraction of sp³-hybridized carbons (Fsp3) is 0.833. The molecule has 1 aliphatic heterocycles. The predicted octanol–water partition coefficient (Wildman–Crippen LogP) is 0.396. The molecule has 0 bridgehead atoms. The number of carbonyl (C=O) groups is 2. The van der Waals surface area contributed by atoms with E-state index in [4.69, 9.17) is 5.11 Å². The van der Waals surface area contributed by atoms with Crippen LogP contribution in [0.1, 0.15) is 12.8 Å². The standard InChI is InChI=1S/C12H23N3O3/c1-13-6-4-10(5-7-13)8-14(2)12(18)15(3)9-11(16)17/h10H,4-9H2,1-3H3,(H,16,17). The molecule has 6 heteroatoms. The van der Waals surface area contributed by atoms with Crippen LogP contribution in [0, 0.1) is 5.92 Å². The minimum atomic E-state index is -0.987. The molecule has 1 rings (SSSR count). The van der Waals surface area contributed by atoms with Crippen LogP contribution in [0.25, 0.3) is 0 Å². The first-order chi connectivity index (χ1) is 8.40. The van der Waals surface area contributed by atoms with E-state index in [-0.39, 0.29) is 12.6 Å². The van der Waals surface area contributed by atoms with Crippen LogP contribution in [-0.4, -0.2) is 79.1 Å². The summed E-state index contributed by atoms with van der Waals surface area (Å²) in [4.78, 5) is 27.6. The van der Waals surface area contributed by atoms with Gasteiger partial charge in [0.2, 0.25) is 0 Å². The summed E-state index contributed by atoms with van der Waals surface area (Å²) >= 11 is 0. The average molecular weight is 257 g/mol. The predicted molar refractivity (Wildman–Crippen MR) is 68.5 cm³/mol. The minimum absolute atomic E-state index is 0.226. The number of nitrogens with zero attached hydrogens (tertiary/aromatic N) is 3. The molecule has 1 aliphatic rings. The van der Waals surface area contributed by atoms with Crippen molar-refractivity contribution in [3.8, 4) is 0 Å². The molecule has 1 heterocycles. The molecule has 2 amide bonds. The van der Waals surface area contributed by atoms with Gasteiger partial charge >= 0.3 is 12.0 Å². The normalized spacial score (nSPS) is 17.5. The van der Waals surface area contributed by atoms with Gasteiger partial charge in [-0.25, -0.2) is 4.79 Å². The van der Waals surface area contributed by atoms with Crippen LogP contribution in [0.3, 0.4) is 0 Å². The fourth-order valence-corrected chi connectivity index (χ4v) is 2.27. The molecule has 0 aromatic carbocycles. The highest BCUT2D eigenvalue weighted by molar-refractivity contribution is 5.79. The molecule has 0 aromatic heterocycles. The van der Waals surface area contributed by atoms with Crippen molar-refractivity contribution >= 4 is 12.0 Å². The zero-order chi connectivity index (χ0) is 13.7. The molecular weight excluding hydrogens is 234 g/mol. The Balaban J connectivity index is 2.37. The van der Waals surface area contributed by atoms with Crippen molar-refractivity contribution in [1.82, 2.24) is 14.7 Å². The first-order valence-corrected chi connectivity index (χ1v) is 6.26. The van der Waals surface area contributed by atoms with E-state index in [1.807, 2.05) is 0 Å². The van der Waals surface area contributed by atoms with Gasteiger partial charge in [-0.1, -0.05) is 0 Å². The molecule has 0 radical (unpaired) electrons. The van der Waals surface area contributed by atoms with E-state index in [2.05, 4.69) is 11.9 Å². The van der Waals surface area contributed by atoms with Crippen LogP contribution < -0.4 is 0 Å². The molecule has 0 unspecified atom stereocenters. The van der Waals surface area contributed by atoms with Crippen molar-refractivity contribution in [2.45, 2.75) is 12.8 Å². The highest BCUT2D eigenvalue weighted by atomic mass is 16.4. The van der Waals surface area contributed by atoms with Crippen molar-refractivity contribution in [3.63, 3.8) is 0 Å². The van der Waals surface area contributed by atoms with E-state index in [1.54, 1.807) is 11.9 Å². The molecule has 104 valence electrons. The Morgan fingerprint density at radius 1 is 1.22 bits per heavy atom. The molecule has 0 atom stereocenters. The Hall–Kier alpha value is -1.30. The number of urea groups is 1. The Morgan fingerprint density at radius 3 is 2.28 bits per heavy atom. The molecule has 0 aliphatic carbocycles. The van der Waals surface area contributed by atoms with Crippen LogP contribution in [0.15, 0.2) is 0 Å². The van der Waals surface area contributed by atoms with Gasteiger partial charge in [-0.2, -0.15) is 0 Å². The summed E-state index contributed by atoms with van der Waals surface area (Å²) in [6, 6.07) is -0.226. The van der Waals surface area contributed by atoms with Crippen molar-refractivity contribution in [3.05, 3.63) is 0 Å². The Morgan fingerprint density at radius 2 is 1.78 bits per heavy atom. The maximum Gasteiger partial charge on any atom is 0.323 e. The summed E-state index contributed by atoms with van der Waals surface area (Å²) in [6.45, 7) is 2.59. The maximum atomic E-state index is 11.9. The highest BCUT2D eigenvalue weighted by Crippen LogP contribution is 2.17.